The minimum atomic E-state index is 1.17. The van der Waals surface area contributed by atoms with E-state index in [-0.39, 0.29) is 0 Å². The third-order valence-corrected chi connectivity index (χ3v) is 9.71. The van der Waals surface area contributed by atoms with Gasteiger partial charge in [-0.15, -0.1) is 0 Å². The molecule has 1 heteroatoms. The summed E-state index contributed by atoms with van der Waals surface area (Å²) in [6.07, 6.45) is 0. The predicted molar refractivity (Wildman–Crippen MR) is 194 cm³/mol. The molecule has 9 aromatic carbocycles. The quantitative estimate of drug-likeness (QED) is 0.183. The molecule has 1 nitrogen and oxygen atoms in total. The monoisotopic (exact) mass is 569 g/mol. The Kier molecular flexibility index (Phi) is 5.06. The van der Waals surface area contributed by atoms with Gasteiger partial charge in [0.2, 0.25) is 0 Å². The highest BCUT2D eigenvalue weighted by atomic mass is 15.0. The molecule has 0 radical (unpaired) electrons. The van der Waals surface area contributed by atoms with Crippen LogP contribution in [0.1, 0.15) is 0 Å². The molecule has 208 valence electrons. The number of benzene rings is 9. The van der Waals surface area contributed by atoms with Crippen molar-refractivity contribution in [2.45, 2.75) is 0 Å². The zero-order valence-electron chi connectivity index (χ0n) is 24.5. The minimum Gasteiger partial charge on any atom is -0.309 e. The standard InChI is InChI=1S/C44H27N/c1-2-17-31-28(13-1)14-12-25-32(31)29-15-11-16-30(27-29)45-40-26-10-9-24-39(40)43-42-36-21-6-4-19-34(36)33-18-3-5-20-35(33)41(42)37-22-7-8-23-38(37)44(43)45/h1-27H. The highest BCUT2D eigenvalue weighted by Crippen LogP contribution is 2.47. The first-order valence-electron chi connectivity index (χ1n) is 15.6. The number of para-hydroxylation sites is 1. The van der Waals surface area contributed by atoms with E-state index in [1.807, 2.05) is 0 Å². The van der Waals surface area contributed by atoms with Crippen molar-refractivity contribution in [1.82, 2.24) is 4.57 Å². The Morgan fingerprint density at radius 2 is 0.867 bits per heavy atom. The summed E-state index contributed by atoms with van der Waals surface area (Å²) in [6, 6.07) is 60.2. The summed E-state index contributed by atoms with van der Waals surface area (Å²) in [5.74, 6) is 0. The van der Waals surface area contributed by atoms with Gasteiger partial charge in [0, 0.05) is 27.2 Å². The molecule has 0 spiro atoms. The fraction of sp³-hybridized carbons (Fsp3) is 0. The molecule has 1 heterocycles. The van der Waals surface area contributed by atoms with E-state index >= 15 is 0 Å². The van der Waals surface area contributed by atoms with Gasteiger partial charge in [0.1, 0.15) is 0 Å². The lowest BCUT2D eigenvalue weighted by Gasteiger charge is -2.17. The summed E-state index contributed by atoms with van der Waals surface area (Å²) in [7, 11) is 0. The molecule has 0 amide bonds. The van der Waals surface area contributed by atoms with Crippen molar-refractivity contribution in [1.29, 1.82) is 0 Å². The Balaban J connectivity index is 1.43. The van der Waals surface area contributed by atoms with E-state index < -0.39 is 0 Å². The number of hydrogen-bond acceptors (Lipinski definition) is 0. The lowest BCUT2D eigenvalue weighted by atomic mass is 9.88. The van der Waals surface area contributed by atoms with Gasteiger partial charge in [0.05, 0.1) is 11.0 Å². The summed E-state index contributed by atoms with van der Waals surface area (Å²) in [5.41, 5.74) is 6.12. The van der Waals surface area contributed by atoms with Crippen molar-refractivity contribution >= 4 is 75.7 Å². The van der Waals surface area contributed by atoms with Crippen LogP contribution in [0.15, 0.2) is 164 Å². The van der Waals surface area contributed by atoms with Crippen molar-refractivity contribution in [2.75, 3.05) is 0 Å². The van der Waals surface area contributed by atoms with Crippen molar-refractivity contribution in [2.24, 2.45) is 0 Å². The van der Waals surface area contributed by atoms with Crippen LogP contribution in [0.2, 0.25) is 0 Å². The van der Waals surface area contributed by atoms with Crippen LogP contribution in [-0.2, 0) is 0 Å². The van der Waals surface area contributed by atoms with Gasteiger partial charge < -0.3 is 4.57 Å². The largest absolute Gasteiger partial charge is 0.309 e. The number of aromatic nitrogens is 1. The Morgan fingerprint density at radius 1 is 0.333 bits per heavy atom. The summed E-state index contributed by atoms with van der Waals surface area (Å²) < 4.78 is 2.50. The third-order valence-electron chi connectivity index (χ3n) is 9.71. The number of nitrogens with zero attached hydrogens (tertiary/aromatic N) is 1. The lowest BCUT2D eigenvalue weighted by molar-refractivity contribution is 1.19. The number of rotatable bonds is 2. The normalized spacial score (nSPS) is 12.0. The van der Waals surface area contributed by atoms with Gasteiger partial charge in [0.15, 0.2) is 0 Å². The van der Waals surface area contributed by atoms with E-state index in [0.29, 0.717) is 0 Å². The van der Waals surface area contributed by atoms with Gasteiger partial charge in [-0.3, -0.25) is 0 Å². The zero-order valence-corrected chi connectivity index (χ0v) is 24.5. The summed E-state index contributed by atoms with van der Waals surface area (Å²) in [5, 5.41) is 15.6. The second kappa shape index (κ2) is 9.29. The highest BCUT2D eigenvalue weighted by Gasteiger charge is 2.22. The van der Waals surface area contributed by atoms with Gasteiger partial charge in [-0.25, -0.2) is 0 Å². The smallest absolute Gasteiger partial charge is 0.0626 e. The molecule has 0 unspecified atom stereocenters. The van der Waals surface area contributed by atoms with E-state index in [0.717, 1.165) is 0 Å². The molecule has 0 saturated heterocycles. The van der Waals surface area contributed by atoms with E-state index in [2.05, 4.69) is 168 Å². The van der Waals surface area contributed by atoms with Gasteiger partial charge in [-0.1, -0.05) is 146 Å². The fourth-order valence-electron chi connectivity index (χ4n) is 7.89. The summed E-state index contributed by atoms with van der Waals surface area (Å²) in [4.78, 5) is 0. The fourth-order valence-corrected chi connectivity index (χ4v) is 7.89. The molecule has 10 aromatic rings. The maximum Gasteiger partial charge on any atom is 0.0626 e. The van der Waals surface area contributed by atoms with Crippen LogP contribution in [-0.4, -0.2) is 4.57 Å². The van der Waals surface area contributed by atoms with Crippen LogP contribution >= 0.6 is 0 Å². The molecule has 45 heavy (non-hydrogen) atoms. The molecule has 0 bridgehead atoms. The predicted octanol–water partition coefficient (Wildman–Crippen LogP) is 12.2. The third kappa shape index (κ3) is 3.38. The van der Waals surface area contributed by atoms with Gasteiger partial charge in [-0.2, -0.15) is 0 Å². The molecule has 0 N–H and O–H groups in total. The average Bonchev–Trinajstić information content (AvgIpc) is 3.47. The van der Waals surface area contributed by atoms with Gasteiger partial charge in [-0.05, 0) is 72.4 Å². The Labute approximate surface area is 260 Å². The van der Waals surface area contributed by atoms with Crippen LogP contribution < -0.4 is 0 Å². The SMILES string of the molecule is c1cc(-c2cccc3ccccc23)cc(-n2c3ccccc3c3c4c5ccccc5c5ccccc5c4c4ccccc4c32)c1. The minimum absolute atomic E-state index is 1.17. The topological polar surface area (TPSA) is 4.93 Å². The Hall–Kier alpha value is -5.92. The molecule has 10 rings (SSSR count). The Bertz CT molecular complexity index is 2810. The van der Waals surface area contributed by atoms with E-state index in [1.54, 1.807) is 0 Å². The molecule has 0 atom stereocenters. The zero-order chi connectivity index (χ0) is 29.5. The van der Waals surface area contributed by atoms with Crippen LogP contribution in [0.5, 0.6) is 0 Å². The van der Waals surface area contributed by atoms with Crippen LogP contribution in [0.3, 0.4) is 0 Å². The summed E-state index contributed by atoms with van der Waals surface area (Å²) >= 11 is 0. The van der Waals surface area contributed by atoms with Crippen molar-refractivity contribution < 1.29 is 0 Å². The average molecular weight is 570 g/mol. The second-order valence-electron chi connectivity index (χ2n) is 12.0. The molecule has 0 aliphatic heterocycles. The van der Waals surface area contributed by atoms with Gasteiger partial charge in [0.25, 0.3) is 0 Å². The number of hydrogen-bond donors (Lipinski definition) is 0. The first kappa shape index (κ1) is 24.5. The number of fused-ring (bicyclic) bond motifs is 14. The van der Waals surface area contributed by atoms with Crippen LogP contribution in [0, 0.1) is 0 Å². The molecule has 0 saturated carbocycles. The molecule has 0 aliphatic carbocycles. The molecular weight excluding hydrogens is 542 g/mol. The maximum atomic E-state index is 2.50. The van der Waals surface area contributed by atoms with Gasteiger partial charge >= 0.3 is 0 Å². The summed E-state index contributed by atoms with van der Waals surface area (Å²) in [6.45, 7) is 0. The van der Waals surface area contributed by atoms with E-state index in [1.165, 1.54) is 92.5 Å². The van der Waals surface area contributed by atoms with E-state index in [9.17, 15) is 0 Å². The second-order valence-corrected chi connectivity index (χ2v) is 12.0. The molecule has 0 aliphatic rings. The highest BCUT2D eigenvalue weighted by molar-refractivity contribution is 6.42. The van der Waals surface area contributed by atoms with Crippen LogP contribution in [0.4, 0.5) is 0 Å². The molecule has 0 fully saturated rings. The first-order valence-corrected chi connectivity index (χ1v) is 15.6. The molecular formula is C44H27N. The van der Waals surface area contributed by atoms with Crippen molar-refractivity contribution in [3.05, 3.63) is 164 Å². The molecule has 1 aromatic heterocycles. The Morgan fingerprint density at radius 3 is 1.62 bits per heavy atom. The lowest BCUT2D eigenvalue weighted by Crippen LogP contribution is -1.96. The van der Waals surface area contributed by atoms with E-state index in [4.69, 9.17) is 0 Å². The van der Waals surface area contributed by atoms with Crippen LogP contribution in [0.25, 0.3) is 92.5 Å². The van der Waals surface area contributed by atoms with Crippen molar-refractivity contribution in [3.8, 4) is 16.8 Å². The van der Waals surface area contributed by atoms with Crippen molar-refractivity contribution in [3.63, 3.8) is 0 Å². The maximum absolute atomic E-state index is 2.50. The first-order chi connectivity index (χ1) is 22.4.